The van der Waals surface area contributed by atoms with Crippen LogP contribution in [0.15, 0.2) is 0 Å². The summed E-state index contributed by atoms with van der Waals surface area (Å²) in [6.07, 6.45) is 5.42. The Hall–Kier alpha value is -0.180. The predicted molar refractivity (Wildman–Crippen MR) is 90.2 cm³/mol. The normalized spacial score (nSPS) is 20.8. The molecule has 1 heterocycles. The number of amides is 1. The standard InChI is InChI=1S/C17H33NOS/c1-6-8-17(13-20,9-7-2)12-18-11-14(10-15(18)19)16(3,4)5/h14,20H,6-13H2,1-5H3. The van der Waals surface area contributed by atoms with Gasteiger partial charge in [-0.2, -0.15) is 12.6 Å². The molecular weight excluding hydrogens is 266 g/mol. The minimum Gasteiger partial charge on any atom is -0.342 e. The summed E-state index contributed by atoms with van der Waals surface area (Å²) >= 11 is 4.61. The molecule has 20 heavy (non-hydrogen) atoms. The molecule has 0 aromatic rings. The maximum Gasteiger partial charge on any atom is 0.222 e. The van der Waals surface area contributed by atoms with E-state index in [4.69, 9.17) is 0 Å². The van der Waals surface area contributed by atoms with Crippen LogP contribution in [-0.2, 0) is 4.79 Å². The first kappa shape index (κ1) is 17.9. The summed E-state index contributed by atoms with van der Waals surface area (Å²) in [5.74, 6) is 1.73. The van der Waals surface area contributed by atoms with Crippen LogP contribution in [0.3, 0.4) is 0 Å². The van der Waals surface area contributed by atoms with Crippen LogP contribution < -0.4 is 0 Å². The van der Waals surface area contributed by atoms with Crippen molar-refractivity contribution in [1.29, 1.82) is 0 Å². The predicted octanol–water partition coefficient (Wildman–Crippen LogP) is 4.40. The van der Waals surface area contributed by atoms with Gasteiger partial charge < -0.3 is 4.90 Å². The Labute approximate surface area is 131 Å². The van der Waals surface area contributed by atoms with Gasteiger partial charge in [0.05, 0.1) is 0 Å². The number of carbonyl (C=O) groups excluding carboxylic acids is 1. The van der Waals surface area contributed by atoms with E-state index in [0.717, 1.165) is 25.3 Å². The third-order valence-electron chi connectivity index (χ3n) is 4.86. The Balaban J connectivity index is 2.76. The molecule has 1 fully saturated rings. The fraction of sp³-hybridized carbons (Fsp3) is 0.941. The van der Waals surface area contributed by atoms with Gasteiger partial charge in [0.25, 0.3) is 0 Å². The van der Waals surface area contributed by atoms with E-state index < -0.39 is 0 Å². The van der Waals surface area contributed by atoms with E-state index in [1.165, 1.54) is 25.7 Å². The van der Waals surface area contributed by atoms with Crippen molar-refractivity contribution < 1.29 is 4.79 Å². The molecular formula is C17H33NOS. The highest BCUT2D eigenvalue weighted by molar-refractivity contribution is 7.80. The Morgan fingerprint density at radius 3 is 2.10 bits per heavy atom. The van der Waals surface area contributed by atoms with Crippen molar-refractivity contribution in [3.8, 4) is 0 Å². The first-order chi connectivity index (χ1) is 9.28. The molecule has 0 spiro atoms. The number of thiol groups is 1. The van der Waals surface area contributed by atoms with Crippen molar-refractivity contribution in [1.82, 2.24) is 4.90 Å². The second-order valence-corrected chi connectivity index (χ2v) is 8.02. The van der Waals surface area contributed by atoms with Crippen LogP contribution in [0.5, 0.6) is 0 Å². The van der Waals surface area contributed by atoms with Crippen LogP contribution in [0.25, 0.3) is 0 Å². The average molecular weight is 300 g/mol. The summed E-state index contributed by atoms with van der Waals surface area (Å²) in [6.45, 7) is 13.1. The van der Waals surface area contributed by atoms with Crippen LogP contribution >= 0.6 is 12.6 Å². The fourth-order valence-electron chi connectivity index (χ4n) is 3.46. The summed E-state index contributed by atoms with van der Waals surface area (Å²) < 4.78 is 0. The highest BCUT2D eigenvalue weighted by Gasteiger charge is 2.40. The third-order valence-corrected chi connectivity index (χ3v) is 5.53. The quantitative estimate of drug-likeness (QED) is 0.691. The molecule has 3 heteroatoms. The zero-order valence-corrected chi connectivity index (χ0v) is 14.9. The minimum absolute atomic E-state index is 0.217. The Bertz CT molecular complexity index is 315. The first-order valence-corrected chi connectivity index (χ1v) is 8.80. The van der Waals surface area contributed by atoms with E-state index in [0.29, 0.717) is 11.8 Å². The number of carbonyl (C=O) groups is 1. The van der Waals surface area contributed by atoms with Crippen molar-refractivity contribution in [2.24, 2.45) is 16.7 Å². The lowest BCUT2D eigenvalue weighted by atomic mass is 9.79. The number of hydrogen-bond acceptors (Lipinski definition) is 2. The lowest BCUT2D eigenvalue weighted by Gasteiger charge is -2.36. The van der Waals surface area contributed by atoms with Gasteiger partial charge in [0.15, 0.2) is 0 Å². The average Bonchev–Trinajstić information content (AvgIpc) is 2.71. The number of hydrogen-bond donors (Lipinski definition) is 1. The summed E-state index contributed by atoms with van der Waals surface area (Å²) in [5.41, 5.74) is 0.443. The third kappa shape index (κ3) is 4.41. The number of likely N-dealkylation sites (tertiary alicyclic amines) is 1. The van der Waals surface area contributed by atoms with Crippen LogP contribution in [0.2, 0.25) is 0 Å². The van der Waals surface area contributed by atoms with Crippen molar-refractivity contribution >= 4 is 18.5 Å². The van der Waals surface area contributed by atoms with E-state index in [-0.39, 0.29) is 10.8 Å². The molecule has 0 aliphatic carbocycles. The molecule has 0 N–H and O–H groups in total. The van der Waals surface area contributed by atoms with E-state index in [1.807, 2.05) is 0 Å². The zero-order valence-electron chi connectivity index (χ0n) is 14.0. The van der Waals surface area contributed by atoms with Gasteiger partial charge >= 0.3 is 0 Å². The summed E-state index contributed by atoms with van der Waals surface area (Å²) in [4.78, 5) is 14.5. The molecule has 118 valence electrons. The Kier molecular flexibility index (Phi) is 6.43. The van der Waals surface area contributed by atoms with Crippen LogP contribution in [0, 0.1) is 16.7 Å². The van der Waals surface area contributed by atoms with Crippen molar-refractivity contribution in [2.45, 2.75) is 66.7 Å². The summed E-state index contributed by atoms with van der Waals surface area (Å²) in [6, 6.07) is 0. The molecule has 1 atom stereocenters. The van der Waals surface area contributed by atoms with E-state index >= 15 is 0 Å². The summed E-state index contributed by atoms with van der Waals surface area (Å²) in [7, 11) is 0. The van der Waals surface area contributed by atoms with Gasteiger partial charge in [0.1, 0.15) is 0 Å². The molecule has 0 aromatic carbocycles. The van der Waals surface area contributed by atoms with Gasteiger partial charge in [0, 0.05) is 19.5 Å². The van der Waals surface area contributed by atoms with Crippen LogP contribution in [0.4, 0.5) is 0 Å². The smallest absolute Gasteiger partial charge is 0.222 e. The molecule has 1 saturated heterocycles. The highest BCUT2D eigenvalue weighted by atomic mass is 32.1. The molecule has 1 rings (SSSR count). The zero-order chi connectivity index (χ0) is 15.4. The van der Waals surface area contributed by atoms with Crippen molar-refractivity contribution in [2.75, 3.05) is 18.8 Å². The maximum absolute atomic E-state index is 12.3. The van der Waals surface area contributed by atoms with Gasteiger partial charge in [-0.05, 0) is 35.3 Å². The van der Waals surface area contributed by atoms with Crippen molar-refractivity contribution in [3.05, 3.63) is 0 Å². The Morgan fingerprint density at radius 2 is 1.75 bits per heavy atom. The van der Waals surface area contributed by atoms with E-state index in [1.54, 1.807) is 0 Å². The lowest BCUT2D eigenvalue weighted by molar-refractivity contribution is -0.129. The Morgan fingerprint density at radius 1 is 1.20 bits per heavy atom. The number of rotatable bonds is 7. The largest absolute Gasteiger partial charge is 0.342 e. The molecule has 0 saturated carbocycles. The van der Waals surface area contributed by atoms with Gasteiger partial charge in [-0.3, -0.25) is 4.79 Å². The van der Waals surface area contributed by atoms with Gasteiger partial charge in [-0.1, -0.05) is 47.5 Å². The van der Waals surface area contributed by atoms with E-state index in [2.05, 4.69) is 52.1 Å². The molecule has 0 radical (unpaired) electrons. The molecule has 0 aromatic heterocycles. The number of nitrogens with zero attached hydrogens (tertiary/aromatic N) is 1. The van der Waals surface area contributed by atoms with Crippen LogP contribution in [0.1, 0.15) is 66.7 Å². The van der Waals surface area contributed by atoms with Gasteiger partial charge in [-0.15, -0.1) is 0 Å². The molecule has 2 nitrogen and oxygen atoms in total. The topological polar surface area (TPSA) is 20.3 Å². The summed E-state index contributed by atoms with van der Waals surface area (Å²) in [5, 5.41) is 0. The molecule has 1 amide bonds. The van der Waals surface area contributed by atoms with Gasteiger partial charge in [0.2, 0.25) is 5.91 Å². The lowest BCUT2D eigenvalue weighted by Crippen LogP contribution is -2.40. The fourth-order valence-corrected chi connectivity index (χ4v) is 3.88. The SMILES string of the molecule is CCCC(CS)(CCC)CN1CC(C(C)(C)C)CC1=O. The molecule has 1 unspecified atom stereocenters. The van der Waals surface area contributed by atoms with Gasteiger partial charge in [-0.25, -0.2) is 0 Å². The maximum atomic E-state index is 12.3. The first-order valence-electron chi connectivity index (χ1n) is 8.16. The van der Waals surface area contributed by atoms with E-state index in [9.17, 15) is 4.79 Å². The van der Waals surface area contributed by atoms with Crippen LogP contribution in [-0.4, -0.2) is 29.6 Å². The highest BCUT2D eigenvalue weighted by Crippen LogP contribution is 2.38. The monoisotopic (exact) mass is 299 g/mol. The molecule has 1 aliphatic heterocycles. The second kappa shape index (κ2) is 7.20. The molecule has 0 bridgehead atoms. The van der Waals surface area contributed by atoms with Crippen molar-refractivity contribution in [3.63, 3.8) is 0 Å². The second-order valence-electron chi connectivity index (χ2n) is 7.70. The minimum atomic E-state index is 0.217. The molecule has 1 aliphatic rings.